The van der Waals surface area contributed by atoms with Crippen molar-refractivity contribution in [3.63, 3.8) is 0 Å². The molecule has 0 heterocycles. The van der Waals surface area contributed by atoms with Gasteiger partial charge in [0.05, 0.1) is 13.2 Å². The van der Waals surface area contributed by atoms with Crippen LogP contribution in [0.2, 0.25) is 0 Å². The minimum Gasteiger partial charge on any atom is -0.494 e. The van der Waals surface area contributed by atoms with Crippen LogP contribution in [0.15, 0.2) is 36.4 Å². The van der Waals surface area contributed by atoms with E-state index in [1.807, 2.05) is 31.2 Å². The molecule has 2 aliphatic carbocycles. The van der Waals surface area contributed by atoms with Gasteiger partial charge in [0.15, 0.2) is 0 Å². The molecule has 3 rings (SSSR count). The molecule has 0 atom stereocenters. The van der Waals surface area contributed by atoms with Gasteiger partial charge in [-0.15, -0.1) is 0 Å². The Morgan fingerprint density at radius 1 is 0.828 bits per heavy atom. The number of benzene rings is 1. The highest BCUT2D eigenvalue weighted by molar-refractivity contribution is 5.31. The molecule has 0 N–H and O–H groups in total. The first-order valence-electron chi connectivity index (χ1n) is 11.8. The van der Waals surface area contributed by atoms with Crippen LogP contribution >= 0.6 is 0 Å². The van der Waals surface area contributed by atoms with Gasteiger partial charge in [-0.1, -0.05) is 31.3 Å². The zero-order valence-electron chi connectivity index (χ0n) is 18.4. The Hall–Kier alpha value is -1.88. The van der Waals surface area contributed by atoms with Gasteiger partial charge in [0, 0.05) is 5.92 Å². The zero-order valence-corrected chi connectivity index (χ0v) is 18.4. The Bertz CT molecular complexity index is 663. The monoisotopic (exact) mass is 394 g/mol. The maximum absolute atomic E-state index is 5.99. The van der Waals surface area contributed by atoms with Crippen LogP contribution in [0.3, 0.4) is 0 Å². The van der Waals surface area contributed by atoms with Crippen molar-refractivity contribution in [3.8, 4) is 23.3 Å². The molecule has 0 radical (unpaired) electrons. The maximum atomic E-state index is 5.99. The van der Waals surface area contributed by atoms with Crippen molar-refractivity contribution in [2.75, 3.05) is 13.2 Å². The summed E-state index contributed by atoms with van der Waals surface area (Å²) >= 11 is 0. The molecule has 158 valence electrons. The van der Waals surface area contributed by atoms with E-state index in [0.29, 0.717) is 18.4 Å². The third-order valence-electron chi connectivity index (χ3n) is 6.68. The minimum absolute atomic E-state index is 0.567. The molecule has 2 heteroatoms. The third kappa shape index (κ3) is 7.46. The predicted octanol–water partition coefficient (Wildman–Crippen LogP) is 7.05. The summed E-state index contributed by atoms with van der Waals surface area (Å²) in [7, 11) is 0. The quantitative estimate of drug-likeness (QED) is 0.461. The number of hydrogen-bond acceptors (Lipinski definition) is 2. The summed E-state index contributed by atoms with van der Waals surface area (Å²) in [5.41, 5.74) is 0. The second-order valence-corrected chi connectivity index (χ2v) is 8.77. The predicted molar refractivity (Wildman–Crippen MR) is 121 cm³/mol. The van der Waals surface area contributed by atoms with Gasteiger partial charge in [-0.25, -0.2) is 0 Å². The Kier molecular flexibility index (Phi) is 9.00. The SMILES string of the molecule is CCOc1ccc(OC[C@H]2CC[C@H](C#C/C=C/[C@H]3CC[C@H](CC)CC3)CC2)cc1. The maximum Gasteiger partial charge on any atom is 0.119 e. The van der Waals surface area contributed by atoms with Crippen LogP contribution in [-0.4, -0.2) is 13.2 Å². The van der Waals surface area contributed by atoms with Crippen LogP contribution in [-0.2, 0) is 0 Å². The summed E-state index contributed by atoms with van der Waals surface area (Å²) in [4.78, 5) is 0. The highest BCUT2D eigenvalue weighted by atomic mass is 16.5. The molecular formula is C27H38O2. The molecule has 0 saturated heterocycles. The van der Waals surface area contributed by atoms with Crippen molar-refractivity contribution >= 4 is 0 Å². The van der Waals surface area contributed by atoms with Crippen LogP contribution < -0.4 is 9.47 Å². The summed E-state index contributed by atoms with van der Waals surface area (Å²) in [5.74, 6) is 11.6. The first kappa shape index (κ1) is 21.8. The van der Waals surface area contributed by atoms with Crippen LogP contribution in [0.25, 0.3) is 0 Å². The number of hydrogen-bond donors (Lipinski definition) is 0. The molecular weight excluding hydrogens is 356 g/mol. The first-order valence-corrected chi connectivity index (χ1v) is 11.8. The molecule has 29 heavy (non-hydrogen) atoms. The number of ether oxygens (including phenoxy) is 2. The summed E-state index contributed by atoms with van der Waals surface area (Å²) in [5, 5.41) is 0. The molecule has 1 aromatic rings. The van der Waals surface area contributed by atoms with E-state index >= 15 is 0 Å². The lowest BCUT2D eigenvalue weighted by molar-refractivity contribution is 0.196. The highest BCUT2D eigenvalue weighted by Crippen LogP contribution is 2.31. The number of allylic oxidation sites excluding steroid dienone is 2. The van der Waals surface area contributed by atoms with Crippen LogP contribution in [0.4, 0.5) is 0 Å². The van der Waals surface area contributed by atoms with Gasteiger partial charge in [-0.3, -0.25) is 0 Å². The van der Waals surface area contributed by atoms with Crippen molar-refractivity contribution in [3.05, 3.63) is 36.4 Å². The molecule has 0 bridgehead atoms. The summed E-state index contributed by atoms with van der Waals surface area (Å²) in [6.07, 6.45) is 16.2. The van der Waals surface area contributed by atoms with Gasteiger partial charge in [-0.05, 0) is 106 Å². The van der Waals surface area contributed by atoms with Crippen LogP contribution in [0.1, 0.15) is 71.6 Å². The lowest BCUT2D eigenvalue weighted by atomic mass is 9.81. The lowest BCUT2D eigenvalue weighted by Crippen LogP contribution is -2.19. The first-order chi connectivity index (χ1) is 14.3. The van der Waals surface area contributed by atoms with E-state index in [2.05, 4.69) is 30.9 Å². The van der Waals surface area contributed by atoms with E-state index in [0.717, 1.165) is 29.9 Å². The van der Waals surface area contributed by atoms with E-state index in [-0.39, 0.29) is 0 Å². The second-order valence-electron chi connectivity index (χ2n) is 8.77. The van der Waals surface area contributed by atoms with Gasteiger partial charge in [0.2, 0.25) is 0 Å². The average Bonchev–Trinajstić information content (AvgIpc) is 2.78. The smallest absolute Gasteiger partial charge is 0.119 e. The van der Waals surface area contributed by atoms with Crippen molar-refractivity contribution < 1.29 is 9.47 Å². The third-order valence-corrected chi connectivity index (χ3v) is 6.68. The van der Waals surface area contributed by atoms with Gasteiger partial charge >= 0.3 is 0 Å². The standard InChI is InChI=1S/C27H38O2/c1-3-22-9-11-23(12-10-22)7-5-6-8-24-13-15-25(16-14-24)21-29-27-19-17-26(18-20-27)28-4-2/h5,7,17-20,22-25H,3-4,9-16,21H2,1-2H3/b7-5+/t22-,23-,24-,25-. The molecule has 2 nitrogen and oxygen atoms in total. The summed E-state index contributed by atoms with van der Waals surface area (Å²) in [6, 6.07) is 7.97. The topological polar surface area (TPSA) is 18.5 Å². The van der Waals surface area contributed by atoms with Crippen LogP contribution in [0.5, 0.6) is 11.5 Å². The Balaban J connectivity index is 1.32. The van der Waals surface area contributed by atoms with Crippen LogP contribution in [0, 0.1) is 35.5 Å². The van der Waals surface area contributed by atoms with Gasteiger partial charge in [-0.2, -0.15) is 0 Å². The fourth-order valence-corrected chi connectivity index (χ4v) is 4.63. The van der Waals surface area contributed by atoms with Crippen molar-refractivity contribution in [2.24, 2.45) is 23.7 Å². The largest absolute Gasteiger partial charge is 0.494 e. The van der Waals surface area contributed by atoms with Crippen molar-refractivity contribution in [1.29, 1.82) is 0 Å². The lowest BCUT2D eigenvalue weighted by Gasteiger charge is -2.25. The molecule has 0 amide bonds. The van der Waals surface area contributed by atoms with E-state index in [1.54, 1.807) is 0 Å². The fraction of sp³-hybridized carbons (Fsp3) is 0.630. The normalized spacial score (nSPS) is 27.2. The van der Waals surface area contributed by atoms with E-state index < -0.39 is 0 Å². The Labute approximate surface area is 178 Å². The minimum atomic E-state index is 0.567. The summed E-state index contributed by atoms with van der Waals surface area (Å²) in [6.45, 7) is 5.84. The highest BCUT2D eigenvalue weighted by Gasteiger charge is 2.20. The zero-order chi connectivity index (χ0) is 20.3. The molecule has 0 aliphatic heterocycles. The molecule has 0 unspecified atom stereocenters. The van der Waals surface area contributed by atoms with E-state index in [9.17, 15) is 0 Å². The van der Waals surface area contributed by atoms with Gasteiger partial charge < -0.3 is 9.47 Å². The van der Waals surface area contributed by atoms with Crippen molar-refractivity contribution in [2.45, 2.75) is 71.6 Å². The molecule has 2 aliphatic rings. The Morgan fingerprint density at radius 2 is 1.45 bits per heavy atom. The van der Waals surface area contributed by atoms with E-state index in [1.165, 1.54) is 57.8 Å². The summed E-state index contributed by atoms with van der Waals surface area (Å²) < 4.78 is 11.5. The molecule has 0 aromatic heterocycles. The average molecular weight is 395 g/mol. The second kappa shape index (κ2) is 12.0. The van der Waals surface area contributed by atoms with Gasteiger partial charge in [0.25, 0.3) is 0 Å². The molecule has 0 spiro atoms. The van der Waals surface area contributed by atoms with Gasteiger partial charge in [0.1, 0.15) is 11.5 Å². The molecule has 2 saturated carbocycles. The molecule has 1 aromatic carbocycles. The Morgan fingerprint density at radius 3 is 2.07 bits per heavy atom. The van der Waals surface area contributed by atoms with Crippen molar-refractivity contribution in [1.82, 2.24) is 0 Å². The number of rotatable bonds is 7. The molecule has 2 fully saturated rings. The fourth-order valence-electron chi connectivity index (χ4n) is 4.63. The van der Waals surface area contributed by atoms with E-state index in [4.69, 9.17) is 9.47 Å².